The van der Waals surface area contributed by atoms with Gasteiger partial charge in [0.15, 0.2) is 0 Å². The van der Waals surface area contributed by atoms with E-state index in [1.54, 1.807) is 13.2 Å². The van der Waals surface area contributed by atoms with E-state index in [0.29, 0.717) is 24.5 Å². The van der Waals surface area contributed by atoms with Gasteiger partial charge in [0.1, 0.15) is 5.75 Å². The second-order valence-electron chi connectivity index (χ2n) is 4.53. The van der Waals surface area contributed by atoms with E-state index in [9.17, 15) is 4.79 Å². The maximum absolute atomic E-state index is 11.9. The lowest BCUT2D eigenvalue weighted by Crippen LogP contribution is -2.28. The summed E-state index contributed by atoms with van der Waals surface area (Å²) in [7, 11) is 1.56. The molecule has 0 saturated heterocycles. The van der Waals surface area contributed by atoms with Crippen molar-refractivity contribution >= 4 is 11.7 Å². The summed E-state index contributed by atoms with van der Waals surface area (Å²) in [6, 6.07) is 14.9. The van der Waals surface area contributed by atoms with Gasteiger partial charge in [-0.15, -0.1) is 0 Å². The van der Waals surface area contributed by atoms with Crippen LogP contribution in [0.15, 0.2) is 48.5 Å². The second-order valence-corrected chi connectivity index (χ2v) is 4.53. The number of nitrogens with two attached hydrogens (primary N) is 1. The number of carbonyl (C=O) groups is 1. The molecule has 21 heavy (non-hydrogen) atoms. The predicted octanol–water partition coefficient (Wildman–Crippen LogP) is 2.48. The molecule has 0 bridgehead atoms. The highest BCUT2D eigenvalue weighted by molar-refractivity contribution is 5.90. The molecule has 0 radical (unpaired) electrons. The average molecular weight is 285 g/mol. The molecule has 0 aliphatic carbocycles. The number of rotatable bonds is 5. The van der Waals surface area contributed by atoms with Crippen LogP contribution in [0.5, 0.6) is 5.75 Å². The van der Waals surface area contributed by atoms with Crippen LogP contribution in [0.4, 0.5) is 10.5 Å². The fraction of sp³-hybridized carbons (Fsp3) is 0.188. The molecule has 110 valence electrons. The Morgan fingerprint density at radius 3 is 2.57 bits per heavy atom. The minimum absolute atomic E-state index is 0.280. The molecule has 4 N–H and O–H groups in total. The highest BCUT2D eigenvalue weighted by Crippen LogP contribution is 2.25. The van der Waals surface area contributed by atoms with Gasteiger partial charge in [0, 0.05) is 13.1 Å². The first-order valence-corrected chi connectivity index (χ1v) is 6.68. The molecule has 2 aromatic carbocycles. The minimum Gasteiger partial charge on any atom is -0.495 e. The molecule has 0 heterocycles. The number of amides is 2. The van der Waals surface area contributed by atoms with E-state index in [1.165, 1.54) is 0 Å². The van der Waals surface area contributed by atoms with Crippen molar-refractivity contribution in [1.82, 2.24) is 5.32 Å². The number of hydrogen-bond acceptors (Lipinski definition) is 3. The lowest BCUT2D eigenvalue weighted by atomic mass is 10.2. The van der Waals surface area contributed by atoms with Crippen LogP contribution >= 0.6 is 0 Å². The molecule has 0 spiro atoms. The molecular weight excluding hydrogens is 266 g/mol. The van der Waals surface area contributed by atoms with Crippen LogP contribution in [0.1, 0.15) is 11.1 Å². The first-order chi connectivity index (χ1) is 10.2. The second kappa shape index (κ2) is 7.31. The van der Waals surface area contributed by atoms with Crippen molar-refractivity contribution in [3.8, 4) is 5.75 Å². The van der Waals surface area contributed by atoms with E-state index in [2.05, 4.69) is 10.6 Å². The van der Waals surface area contributed by atoms with Gasteiger partial charge < -0.3 is 21.1 Å². The zero-order valence-electron chi connectivity index (χ0n) is 11.9. The molecule has 0 saturated carbocycles. The first-order valence-electron chi connectivity index (χ1n) is 6.68. The quantitative estimate of drug-likeness (QED) is 0.790. The van der Waals surface area contributed by atoms with Crippen LogP contribution < -0.4 is 21.1 Å². The van der Waals surface area contributed by atoms with Crippen molar-refractivity contribution in [2.24, 2.45) is 5.73 Å². The molecule has 2 amide bonds. The number of ether oxygens (including phenoxy) is 1. The number of nitrogens with one attached hydrogen (secondary N) is 2. The monoisotopic (exact) mass is 285 g/mol. The van der Waals surface area contributed by atoms with Crippen molar-refractivity contribution in [2.75, 3.05) is 12.4 Å². The highest BCUT2D eigenvalue weighted by Gasteiger charge is 2.07. The van der Waals surface area contributed by atoms with Gasteiger partial charge in [-0.3, -0.25) is 0 Å². The first kappa shape index (κ1) is 14.9. The van der Waals surface area contributed by atoms with Crippen molar-refractivity contribution in [1.29, 1.82) is 0 Å². The maximum Gasteiger partial charge on any atom is 0.319 e. The van der Waals surface area contributed by atoms with Gasteiger partial charge in [-0.25, -0.2) is 4.79 Å². The van der Waals surface area contributed by atoms with E-state index < -0.39 is 0 Å². The van der Waals surface area contributed by atoms with Gasteiger partial charge in [0.2, 0.25) is 0 Å². The van der Waals surface area contributed by atoms with E-state index in [-0.39, 0.29) is 6.03 Å². The smallest absolute Gasteiger partial charge is 0.319 e. The zero-order chi connectivity index (χ0) is 15.1. The molecule has 2 rings (SSSR count). The third-order valence-corrected chi connectivity index (χ3v) is 3.05. The van der Waals surface area contributed by atoms with Crippen LogP contribution in [0, 0.1) is 0 Å². The molecule has 0 unspecified atom stereocenters. The summed E-state index contributed by atoms with van der Waals surface area (Å²) >= 11 is 0. The van der Waals surface area contributed by atoms with Crippen molar-refractivity contribution in [2.45, 2.75) is 13.1 Å². The van der Waals surface area contributed by atoms with Gasteiger partial charge in [-0.1, -0.05) is 36.4 Å². The highest BCUT2D eigenvalue weighted by atomic mass is 16.5. The van der Waals surface area contributed by atoms with E-state index in [1.807, 2.05) is 42.5 Å². The Hall–Kier alpha value is -2.53. The van der Waals surface area contributed by atoms with Crippen LogP contribution in [-0.2, 0) is 13.1 Å². The Kier molecular flexibility index (Phi) is 5.17. The summed E-state index contributed by atoms with van der Waals surface area (Å²) < 4.78 is 5.25. The zero-order valence-corrected chi connectivity index (χ0v) is 11.9. The molecule has 2 aromatic rings. The van der Waals surface area contributed by atoms with Crippen LogP contribution in [0.2, 0.25) is 0 Å². The van der Waals surface area contributed by atoms with E-state index >= 15 is 0 Å². The van der Waals surface area contributed by atoms with Crippen LogP contribution in [-0.4, -0.2) is 13.1 Å². The standard InChI is InChI=1S/C16H19N3O2/c1-21-15-9-13(10-17)7-8-14(15)19-16(20)18-11-12-5-3-2-4-6-12/h2-9H,10-11,17H2,1H3,(H2,18,19,20). The van der Waals surface area contributed by atoms with Crippen molar-refractivity contribution in [3.05, 3.63) is 59.7 Å². The summed E-state index contributed by atoms with van der Waals surface area (Å²) in [4.78, 5) is 11.9. The van der Waals surface area contributed by atoms with E-state index in [0.717, 1.165) is 11.1 Å². The topological polar surface area (TPSA) is 76.4 Å². The SMILES string of the molecule is COc1cc(CN)ccc1NC(=O)NCc1ccccc1. The fourth-order valence-electron chi connectivity index (χ4n) is 1.91. The maximum atomic E-state index is 11.9. The summed E-state index contributed by atoms with van der Waals surface area (Å²) in [5, 5.41) is 5.56. The minimum atomic E-state index is -0.280. The third kappa shape index (κ3) is 4.22. The number of hydrogen-bond donors (Lipinski definition) is 3. The largest absolute Gasteiger partial charge is 0.495 e. The third-order valence-electron chi connectivity index (χ3n) is 3.05. The van der Waals surface area contributed by atoms with Gasteiger partial charge >= 0.3 is 6.03 Å². The van der Waals surface area contributed by atoms with E-state index in [4.69, 9.17) is 10.5 Å². The van der Waals surface area contributed by atoms with Crippen LogP contribution in [0.25, 0.3) is 0 Å². The van der Waals surface area contributed by atoms with Crippen molar-refractivity contribution in [3.63, 3.8) is 0 Å². The lowest BCUT2D eigenvalue weighted by Gasteiger charge is -2.12. The Morgan fingerprint density at radius 1 is 1.14 bits per heavy atom. The molecule has 0 fully saturated rings. The number of urea groups is 1. The average Bonchev–Trinajstić information content (AvgIpc) is 2.54. The Balaban J connectivity index is 1.96. The molecule has 0 atom stereocenters. The van der Waals surface area contributed by atoms with Gasteiger partial charge in [-0.2, -0.15) is 0 Å². The Morgan fingerprint density at radius 2 is 1.90 bits per heavy atom. The van der Waals surface area contributed by atoms with Gasteiger partial charge in [-0.05, 0) is 23.3 Å². The molecule has 0 aromatic heterocycles. The summed E-state index contributed by atoms with van der Waals surface area (Å²) in [5.74, 6) is 0.591. The molecule has 5 nitrogen and oxygen atoms in total. The number of benzene rings is 2. The number of carbonyl (C=O) groups excluding carboxylic acids is 1. The van der Waals surface area contributed by atoms with Crippen LogP contribution in [0.3, 0.4) is 0 Å². The molecule has 0 aliphatic heterocycles. The summed E-state index contributed by atoms with van der Waals surface area (Å²) in [6.07, 6.45) is 0. The molecule has 5 heteroatoms. The predicted molar refractivity (Wildman–Crippen MR) is 83.2 cm³/mol. The molecular formula is C16H19N3O2. The summed E-state index contributed by atoms with van der Waals surface area (Å²) in [6.45, 7) is 0.896. The van der Waals surface area contributed by atoms with Gasteiger partial charge in [0.05, 0.1) is 12.8 Å². The number of anilines is 1. The Bertz CT molecular complexity index is 600. The number of methoxy groups -OCH3 is 1. The molecule has 0 aliphatic rings. The summed E-state index contributed by atoms with van der Waals surface area (Å²) in [5.41, 5.74) is 8.18. The Labute approximate surface area is 124 Å². The van der Waals surface area contributed by atoms with Gasteiger partial charge in [0.25, 0.3) is 0 Å². The van der Waals surface area contributed by atoms with Crippen molar-refractivity contribution < 1.29 is 9.53 Å². The normalized spacial score (nSPS) is 10.0. The fourth-order valence-corrected chi connectivity index (χ4v) is 1.91. The lowest BCUT2D eigenvalue weighted by molar-refractivity contribution is 0.251.